The van der Waals surface area contributed by atoms with Gasteiger partial charge in [-0.3, -0.25) is 9.59 Å². The third-order valence-electron chi connectivity index (χ3n) is 4.04. The number of nitrogens with zero attached hydrogens (tertiary/aromatic N) is 1. The number of methoxy groups -OCH3 is 1. The van der Waals surface area contributed by atoms with Crippen LogP contribution in [-0.4, -0.2) is 24.6 Å². The van der Waals surface area contributed by atoms with Crippen molar-refractivity contribution in [3.63, 3.8) is 0 Å². The van der Waals surface area contributed by atoms with Gasteiger partial charge in [-0.2, -0.15) is 5.10 Å². The van der Waals surface area contributed by atoms with Gasteiger partial charge >= 0.3 is 0 Å². The highest BCUT2D eigenvalue weighted by Gasteiger charge is 2.10. The van der Waals surface area contributed by atoms with E-state index in [1.165, 1.54) is 7.11 Å². The number of aryl methyl sites for hydroxylation is 3. The Hall–Kier alpha value is -3.15. The van der Waals surface area contributed by atoms with E-state index in [1.807, 2.05) is 32.9 Å². The van der Waals surface area contributed by atoms with Crippen molar-refractivity contribution in [1.82, 2.24) is 5.43 Å². The minimum atomic E-state index is -0.362. The second-order valence-electron chi connectivity index (χ2n) is 6.52. The first kappa shape index (κ1) is 20.2. The summed E-state index contributed by atoms with van der Waals surface area (Å²) in [7, 11) is 1.54. The Morgan fingerprint density at radius 2 is 1.74 bits per heavy atom. The third kappa shape index (κ3) is 5.67. The van der Waals surface area contributed by atoms with Gasteiger partial charge in [-0.25, -0.2) is 5.43 Å². The molecule has 0 heterocycles. The molecule has 0 aliphatic heterocycles. The standard InChI is InChI=1S/C21H25N3O3/c1-13-9-14(2)20(15(3)10-13)22-19(25)11-16(4)23-24-21(26)17-7-6-8-18(12-17)27-5/h6-10,12H,11H2,1-5H3,(H,22,25)(H,24,26). The minimum Gasteiger partial charge on any atom is -0.497 e. The van der Waals surface area contributed by atoms with Crippen molar-refractivity contribution in [3.05, 3.63) is 58.7 Å². The van der Waals surface area contributed by atoms with Crippen molar-refractivity contribution in [3.8, 4) is 5.75 Å². The van der Waals surface area contributed by atoms with E-state index in [0.717, 1.165) is 22.4 Å². The topological polar surface area (TPSA) is 79.8 Å². The number of ether oxygens (including phenoxy) is 1. The van der Waals surface area contributed by atoms with Gasteiger partial charge in [0.1, 0.15) is 5.75 Å². The summed E-state index contributed by atoms with van der Waals surface area (Å²) in [5.74, 6) is 0.0485. The molecule has 0 unspecified atom stereocenters. The molecule has 0 bridgehead atoms. The van der Waals surface area contributed by atoms with E-state index in [9.17, 15) is 9.59 Å². The zero-order valence-corrected chi connectivity index (χ0v) is 16.3. The van der Waals surface area contributed by atoms with Gasteiger partial charge < -0.3 is 10.1 Å². The van der Waals surface area contributed by atoms with Crippen LogP contribution in [0.15, 0.2) is 41.5 Å². The van der Waals surface area contributed by atoms with Crippen LogP contribution in [0.25, 0.3) is 0 Å². The van der Waals surface area contributed by atoms with Crippen LogP contribution in [0.2, 0.25) is 0 Å². The maximum absolute atomic E-state index is 12.3. The van der Waals surface area contributed by atoms with E-state index in [-0.39, 0.29) is 18.2 Å². The lowest BCUT2D eigenvalue weighted by Crippen LogP contribution is -2.22. The van der Waals surface area contributed by atoms with Crippen LogP contribution in [0.1, 0.15) is 40.4 Å². The SMILES string of the molecule is COc1cccc(C(=O)NN=C(C)CC(=O)Nc2c(C)cc(C)cc2C)c1. The van der Waals surface area contributed by atoms with Crippen molar-refractivity contribution < 1.29 is 14.3 Å². The van der Waals surface area contributed by atoms with Crippen molar-refractivity contribution in [2.75, 3.05) is 12.4 Å². The zero-order valence-electron chi connectivity index (χ0n) is 16.3. The highest BCUT2D eigenvalue weighted by molar-refractivity contribution is 6.06. The molecule has 6 nitrogen and oxygen atoms in total. The highest BCUT2D eigenvalue weighted by atomic mass is 16.5. The summed E-state index contributed by atoms with van der Waals surface area (Å²) in [6.45, 7) is 7.64. The van der Waals surface area contributed by atoms with Crippen LogP contribution in [0, 0.1) is 20.8 Å². The number of nitrogens with one attached hydrogen (secondary N) is 2. The molecule has 2 N–H and O–H groups in total. The molecule has 2 amide bonds. The van der Waals surface area contributed by atoms with E-state index >= 15 is 0 Å². The van der Waals surface area contributed by atoms with Gasteiger partial charge in [0.25, 0.3) is 5.91 Å². The number of hydrazone groups is 1. The maximum atomic E-state index is 12.3. The Morgan fingerprint density at radius 3 is 2.37 bits per heavy atom. The number of carbonyl (C=O) groups excluding carboxylic acids is 2. The maximum Gasteiger partial charge on any atom is 0.271 e. The summed E-state index contributed by atoms with van der Waals surface area (Å²) >= 11 is 0. The van der Waals surface area contributed by atoms with Gasteiger partial charge in [-0.05, 0) is 57.0 Å². The molecule has 2 rings (SSSR count). The van der Waals surface area contributed by atoms with Gasteiger partial charge in [0.15, 0.2) is 0 Å². The molecule has 0 aliphatic carbocycles. The average molecular weight is 367 g/mol. The smallest absolute Gasteiger partial charge is 0.271 e. The van der Waals surface area contributed by atoms with E-state index in [2.05, 4.69) is 15.8 Å². The predicted octanol–water partition coefficient (Wildman–Crippen LogP) is 3.75. The zero-order chi connectivity index (χ0) is 20.0. The van der Waals surface area contributed by atoms with E-state index in [1.54, 1.807) is 31.2 Å². The quantitative estimate of drug-likeness (QED) is 0.603. The fraction of sp³-hybridized carbons (Fsp3) is 0.286. The van der Waals surface area contributed by atoms with Gasteiger partial charge in [-0.1, -0.05) is 23.8 Å². The molecule has 6 heteroatoms. The first-order valence-electron chi connectivity index (χ1n) is 8.65. The molecule has 0 saturated heterocycles. The number of amides is 2. The van der Waals surface area contributed by atoms with Crippen LogP contribution < -0.4 is 15.5 Å². The summed E-state index contributed by atoms with van der Waals surface area (Å²) in [6.07, 6.45) is 0.0884. The number of hydrogen-bond acceptors (Lipinski definition) is 4. The molecule has 2 aromatic rings. The Balaban J connectivity index is 1.96. The Bertz CT molecular complexity index is 865. The van der Waals surface area contributed by atoms with E-state index in [4.69, 9.17) is 4.74 Å². The largest absolute Gasteiger partial charge is 0.497 e. The second kappa shape index (κ2) is 8.98. The van der Waals surface area contributed by atoms with Crippen LogP contribution in [0.3, 0.4) is 0 Å². The van der Waals surface area contributed by atoms with Gasteiger partial charge in [-0.15, -0.1) is 0 Å². The highest BCUT2D eigenvalue weighted by Crippen LogP contribution is 2.22. The molecule has 0 aromatic heterocycles. The molecule has 142 valence electrons. The minimum absolute atomic E-state index is 0.0884. The lowest BCUT2D eigenvalue weighted by Gasteiger charge is -2.12. The van der Waals surface area contributed by atoms with Crippen molar-refractivity contribution in [1.29, 1.82) is 0 Å². The number of hydrogen-bond donors (Lipinski definition) is 2. The van der Waals surface area contributed by atoms with Crippen LogP contribution >= 0.6 is 0 Å². The van der Waals surface area contributed by atoms with E-state index in [0.29, 0.717) is 17.0 Å². The van der Waals surface area contributed by atoms with Crippen molar-refractivity contribution in [2.45, 2.75) is 34.1 Å². The molecular formula is C21H25N3O3. The van der Waals surface area contributed by atoms with Crippen molar-refractivity contribution in [2.24, 2.45) is 5.10 Å². The Kier molecular flexibility index (Phi) is 6.71. The number of carbonyl (C=O) groups is 2. The van der Waals surface area contributed by atoms with Crippen molar-refractivity contribution >= 4 is 23.2 Å². The number of anilines is 1. The van der Waals surface area contributed by atoms with E-state index < -0.39 is 0 Å². The summed E-state index contributed by atoms with van der Waals surface area (Å²) < 4.78 is 5.10. The molecule has 27 heavy (non-hydrogen) atoms. The molecule has 0 saturated carbocycles. The fourth-order valence-corrected chi connectivity index (χ4v) is 2.81. The first-order valence-corrected chi connectivity index (χ1v) is 8.65. The lowest BCUT2D eigenvalue weighted by atomic mass is 10.0. The molecule has 0 radical (unpaired) electrons. The predicted molar refractivity (Wildman–Crippen MR) is 107 cm³/mol. The molecular weight excluding hydrogens is 342 g/mol. The fourth-order valence-electron chi connectivity index (χ4n) is 2.81. The van der Waals surface area contributed by atoms with Crippen LogP contribution in [0.5, 0.6) is 5.75 Å². The van der Waals surface area contributed by atoms with Crippen LogP contribution in [0.4, 0.5) is 5.69 Å². The number of rotatable bonds is 6. The molecule has 2 aromatic carbocycles. The van der Waals surface area contributed by atoms with Gasteiger partial charge in [0.2, 0.25) is 5.91 Å². The monoisotopic (exact) mass is 367 g/mol. The van der Waals surface area contributed by atoms with Gasteiger partial charge in [0, 0.05) is 17.0 Å². The van der Waals surface area contributed by atoms with Gasteiger partial charge in [0.05, 0.1) is 13.5 Å². The molecule has 0 aliphatic rings. The molecule has 0 fully saturated rings. The first-order chi connectivity index (χ1) is 12.8. The normalized spacial score (nSPS) is 11.1. The Morgan fingerprint density at radius 1 is 1.07 bits per heavy atom. The summed E-state index contributed by atoms with van der Waals surface area (Å²) in [4.78, 5) is 24.4. The lowest BCUT2D eigenvalue weighted by molar-refractivity contribution is -0.115. The summed E-state index contributed by atoms with van der Waals surface area (Å²) in [5, 5.41) is 6.93. The Labute approximate surface area is 159 Å². The second-order valence-corrected chi connectivity index (χ2v) is 6.52. The summed E-state index contributed by atoms with van der Waals surface area (Å²) in [6, 6.07) is 10.8. The number of benzene rings is 2. The average Bonchev–Trinajstić information content (AvgIpc) is 2.62. The molecule has 0 atom stereocenters. The molecule has 0 spiro atoms. The summed E-state index contributed by atoms with van der Waals surface area (Å²) in [5.41, 5.74) is 7.40. The van der Waals surface area contributed by atoms with Crippen LogP contribution in [-0.2, 0) is 4.79 Å². The third-order valence-corrected chi connectivity index (χ3v) is 4.04.